The van der Waals surface area contributed by atoms with E-state index in [0.29, 0.717) is 0 Å². The molecule has 0 radical (unpaired) electrons. The van der Waals surface area contributed by atoms with Gasteiger partial charge in [-0.3, -0.25) is 0 Å². The van der Waals surface area contributed by atoms with Gasteiger partial charge in [-0.05, 0) is 0 Å². The van der Waals surface area contributed by atoms with E-state index < -0.39 is 0 Å². The van der Waals surface area contributed by atoms with E-state index in [0.717, 1.165) is 0 Å². The Morgan fingerprint density at radius 2 is 2.40 bits per heavy atom. The van der Waals surface area contributed by atoms with Crippen LogP contribution in [0.1, 0.15) is 6.92 Å². The molecule has 0 aromatic carbocycles. The van der Waals surface area contributed by atoms with E-state index in [-0.39, 0.29) is 0 Å². The molecule has 0 N–H and O–H groups in total. The summed E-state index contributed by atoms with van der Waals surface area (Å²) in [4.78, 5) is 0. The summed E-state index contributed by atoms with van der Waals surface area (Å²) in [6, 6.07) is 0. The van der Waals surface area contributed by atoms with Crippen LogP contribution in [0.5, 0.6) is 0 Å². The summed E-state index contributed by atoms with van der Waals surface area (Å²) in [5, 5.41) is 0. The first-order valence-corrected chi connectivity index (χ1v) is 5.19. The molecule has 0 spiro atoms. The van der Waals surface area contributed by atoms with Crippen molar-refractivity contribution in [2.75, 3.05) is 5.75 Å². The molecule has 1 atom stereocenters. The highest BCUT2D eigenvalue weighted by atomic mass is 33.3. The molecular weight excluding hydrogens is 119 g/mol. The molecule has 0 amide bonds. The Kier molecular flexibility index (Phi) is 6.29. The zero-order valence-corrected chi connectivity index (χ0v) is 5.89. The summed E-state index contributed by atoms with van der Waals surface area (Å²) < 4.78 is 0. The molecule has 3 heteroatoms. The average Bonchev–Trinajstić information content (AvgIpc) is 1.41. The van der Waals surface area contributed by atoms with E-state index in [9.17, 15) is 0 Å². The maximum absolute atomic E-state index is 2.58. The van der Waals surface area contributed by atoms with E-state index >= 15 is 0 Å². The van der Waals surface area contributed by atoms with Gasteiger partial charge in [0.1, 0.15) is 0 Å². The Morgan fingerprint density at radius 1 is 1.80 bits per heavy atom. The Hall–Kier alpha value is 1.13. The highest BCUT2D eigenvalue weighted by molar-refractivity contribution is 8.94. The maximum atomic E-state index is 2.58. The molecule has 0 fully saturated rings. The van der Waals surface area contributed by atoms with Gasteiger partial charge < -0.3 is 0 Å². The van der Waals surface area contributed by atoms with Crippen LogP contribution in [0, 0.1) is 0 Å². The molecule has 0 aromatic rings. The van der Waals surface area contributed by atoms with Gasteiger partial charge in [-0.15, -0.1) is 0 Å². The van der Waals surface area contributed by atoms with Crippen molar-refractivity contribution in [1.29, 1.82) is 0 Å². The number of hydrogen-bond donors (Lipinski definition) is 0. The quantitative estimate of drug-likeness (QED) is 0.411. The van der Waals surface area contributed by atoms with Crippen LogP contribution in [0.2, 0.25) is 0 Å². The molecule has 0 aliphatic carbocycles. The van der Waals surface area contributed by atoms with Crippen molar-refractivity contribution < 1.29 is 0 Å². The summed E-state index contributed by atoms with van der Waals surface area (Å²) in [5.41, 5.74) is 0. The van der Waals surface area contributed by atoms with Gasteiger partial charge in [0.05, 0.1) is 0 Å². The molecule has 1 unspecified atom stereocenters. The van der Waals surface area contributed by atoms with Gasteiger partial charge in [-0.2, -0.15) is 0 Å². The summed E-state index contributed by atoms with van der Waals surface area (Å²) in [7, 11) is 6.16. The molecule has 0 aromatic heterocycles. The first-order valence-electron chi connectivity index (χ1n) is 1.40. The van der Waals surface area contributed by atoms with Crippen LogP contribution in [0.15, 0.2) is 0 Å². The van der Waals surface area contributed by atoms with Crippen LogP contribution in [0.4, 0.5) is 0 Å². The van der Waals surface area contributed by atoms with Crippen LogP contribution in [0.25, 0.3) is 0 Å². The minimum absolute atomic E-state index is 1.20. The molecule has 0 rings (SSSR count). The number of hydrogen-bond acceptors (Lipinski definition) is 2. The van der Waals surface area contributed by atoms with Crippen LogP contribution < -0.4 is 0 Å². The third kappa shape index (κ3) is 5.13. The van der Waals surface area contributed by atoms with Gasteiger partial charge in [-0.25, -0.2) is 0 Å². The van der Waals surface area contributed by atoms with E-state index in [1.54, 1.807) is 10.4 Å². The molecular formula is C2H7PS2. The SMILES string of the molecule is CCSSP. The Bertz CT molecular complexity index is 15.1. The van der Waals surface area contributed by atoms with Gasteiger partial charge in [0, 0.05) is 5.75 Å². The Labute approximate surface area is 42.8 Å². The van der Waals surface area contributed by atoms with Crippen molar-refractivity contribution in [3.8, 4) is 0 Å². The zero-order valence-electron chi connectivity index (χ0n) is 3.10. The smallest absolute Gasteiger partial charge is 0.00115 e. The fraction of sp³-hybridized carbons (Fsp3) is 1.00. The van der Waals surface area contributed by atoms with E-state index in [1.165, 1.54) is 5.75 Å². The summed E-state index contributed by atoms with van der Waals surface area (Å²) in [6.45, 7) is 2.14. The fourth-order valence-electron chi connectivity index (χ4n) is 0.0680. The zero-order chi connectivity index (χ0) is 4.12. The molecule has 32 valence electrons. The second-order valence-corrected chi connectivity index (χ2v) is 4.52. The standard InChI is InChI=1S/C2H7PS2/c1-2-4-5-3/h2-3H2,1H3. The highest BCUT2D eigenvalue weighted by Gasteiger charge is 1.68. The Balaban J connectivity index is 2.19. The third-order valence-electron chi connectivity index (χ3n) is 0.186. The van der Waals surface area contributed by atoms with Crippen molar-refractivity contribution >= 4 is 29.6 Å². The van der Waals surface area contributed by atoms with Gasteiger partial charge in [0.25, 0.3) is 0 Å². The molecule has 0 aliphatic heterocycles. The van der Waals surface area contributed by atoms with Gasteiger partial charge >= 0.3 is 0 Å². The molecule has 0 nitrogen and oxygen atoms in total. The van der Waals surface area contributed by atoms with Crippen molar-refractivity contribution in [1.82, 2.24) is 0 Å². The van der Waals surface area contributed by atoms with Crippen LogP contribution in [-0.4, -0.2) is 5.75 Å². The molecule has 0 heterocycles. The normalized spacial score (nSPS) is 8.40. The molecule has 5 heavy (non-hydrogen) atoms. The number of rotatable bonds is 2. The topological polar surface area (TPSA) is 0 Å². The highest BCUT2D eigenvalue weighted by Crippen LogP contribution is 2.26. The third-order valence-corrected chi connectivity index (χ3v) is 2.90. The lowest BCUT2D eigenvalue weighted by molar-refractivity contribution is 1.54. The first-order chi connectivity index (χ1) is 2.41. The molecule has 0 saturated carbocycles. The lowest BCUT2D eigenvalue weighted by atomic mass is 11.0. The van der Waals surface area contributed by atoms with Crippen LogP contribution in [-0.2, 0) is 0 Å². The molecule has 0 bridgehead atoms. The first kappa shape index (κ1) is 6.13. The van der Waals surface area contributed by atoms with Gasteiger partial charge in [0.2, 0.25) is 0 Å². The van der Waals surface area contributed by atoms with Crippen molar-refractivity contribution in [2.24, 2.45) is 0 Å². The van der Waals surface area contributed by atoms with Gasteiger partial charge in [0.15, 0.2) is 0 Å². The predicted octanol–water partition coefficient (Wildman–Crippen LogP) is 2.18. The largest absolute Gasteiger partial charge is 0.0904 e. The van der Waals surface area contributed by atoms with Crippen LogP contribution in [0.3, 0.4) is 0 Å². The molecule has 0 aliphatic rings. The lowest BCUT2D eigenvalue weighted by Crippen LogP contribution is -1.47. The maximum Gasteiger partial charge on any atom is 0.00115 e. The Morgan fingerprint density at radius 3 is 2.40 bits per heavy atom. The van der Waals surface area contributed by atoms with Crippen molar-refractivity contribution in [2.45, 2.75) is 6.92 Å². The second kappa shape index (κ2) is 5.13. The van der Waals surface area contributed by atoms with Crippen molar-refractivity contribution in [3.63, 3.8) is 0 Å². The van der Waals surface area contributed by atoms with E-state index in [2.05, 4.69) is 15.4 Å². The monoisotopic (exact) mass is 126 g/mol. The minimum atomic E-state index is 1.20. The van der Waals surface area contributed by atoms with Crippen LogP contribution >= 0.6 is 29.6 Å². The second-order valence-electron chi connectivity index (χ2n) is 0.503. The van der Waals surface area contributed by atoms with Crippen molar-refractivity contribution in [3.05, 3.63) is 0 Å². The van der Waals surface area contributed by atoms with E-state index in [4.69, 9.17) is 0 Å². The summed E-state index contributed by atoms with van der Waals surface area (Å²) in [5.74, 6) is 1.20. The summed E-state index contributed by atoms with van der Waals surface area (Å²) >= 11 is 0. The average molecular weight is 126 g/mol. The fourth-order valence-corrected chi connectivity index (χ4v) is 1.84. The minimum Gasteiger partial charge on any atom is -0.0904 e. The summed E-state index contributed by atoms with van der Waals surface area (Å²) in [6.07, 6.45) is 0. The van der Waals surface area contributed by atoms with E-state index in [1.807, 2.05) is 10.8 Å². The molecule has 0 saturated heterocycles. The lowest BCUT2D eigenvalue weighted by Gasteiger charge is -1.79. The van der Waals surface area contributed by atoms with Gasteiger partial charge in [-0.1, -0.05) is 36.6 Å². The predicted molar refractivity (Wildman–Crippen MR) is 35.4 cm³/mol.